The second kappa shape index (κ2) is 7.85. The maximum absolute atomic E-state index is 11.4. The highest BCUT2D eigenvalue weighted by atomic mass is 35.5. The van der Waals surface area contributed by atoms with Crippen molar-refractivity contribution < 1.29 is 4.79 Å². The van der Waals surface area contributed by atoms with Gasteiger partial charge in [0.2, 0.25) is 5.12 Å². The van der Waals surface area contributed by atoms with E-state index in [1.807, 2.05) is 30.3 Å². The first-order chi connectivity index (χ1) is 6.34. The summed E-state index contributed by atoms with van der Waals surface area (Å²) in [6.07, 6.45) is 0.892. The van der Waals surface area contributed by atoms with Gasteiger partial charge in [-0.3, -0.25) is 4.79 Å². The predicted octanol–water partition coefficient (Wildman–Crippen LogP) is 2.33. The summed E-state index contributed by atoms with van der Waals surface area (Å²) in [5, 5.41) is 0.133. The van der Waals surface area contributed by atoms with Crippen LogP contribution in [0.15, 0.2) is 30.3 Å². The number of carbonyl (C=O) groups is 1. The molecule has 14 heavy (non-hydrogen) atoms. The first kappa shape index (κ1) is 13.5. The highest BCUT2D eigenvalue weighted by molar-refractivity contribution is 8.14. The molecule has 0 amide bonds. The lowest BCUT2D eigenvalue weighted by Gasteiger charge is -1.98. The smallest absolute Gasteiger partial charge is 0.219 e. The molecule has 4 heteroatoms. The summed E-state index contributed by atoms with van der Waals surface area (Å²) < 4.78 is 0. The molecule has 0 unspecified atom stereocenters. The zero-order valence-electron chi connectivity index (χ0n) is 7.81. The van der Waals surface area contributed by atoms with Crippen molar-refractivity contribution in [2.45, 2.75) is 6.42 Å². The lowest BCUT2D eigenvalue weighted by molar-refractivity contribution is 0.108. The SMILES string of the molecule is Cl.NCCCSC(=O)c1ccccc1. The zero-order chi connectivity index (χ0) is 9.52. The molecule has 0 spiro atoms. The molecule has 1 rings (SSSR count). The summed E-state index contributed by atoms with van der Waals surface area (Å²) in [5.74, 6) is 0.810. The number of hydrogen-bond acceptors (Lipinski definition) is 3. The topological polar surface area (TPSA) is 43.1 Å². The standard InChI is InChI=1S/C10H13NOS.ClH/c11-7-4-8-13-10(12)9-5-2-1-3-6-9;/h1-3,5-6H,4,7-8,11H2;1H. The third-order valence-corrected chi connectivity index (χ3v) is 2.58. The van der Waals surface area contributed by atoms with E-state index in [0.29, 0.717) is 6.54 Å². The number of hydrogen-bond donors (Lipinski definition) is 1. The van der Waals surface area contributed by atoms with Crippen molar-refractivity contribution in [2.75, 3.05) is 12.3 Å². The molecule has 0 saturated heterocycles. The Morgan fingerprint density at radius 1 is 1.29 bits per heavy atom. The first-order valence-corrected chi connectivity index (χ1v) is 5.25. The van der Waals surface area contributed by atoms with Gasteiger partial charge in [-0.1, -0.05) is 42.1 Å². The highest BCUT2D eigenvalue weighted by Gasteiger charge is 2.03. The minimum atomic E-state index is 0. The van der Waals surface area contributed by atoms with Crippen LogP contribution in [0.3, 0.4) is 0 Å². The molecule has 0 saturated carbocycles. The van der Waals surface area contributed by atoms with E-state index in [2.05, 4.69) is 0 Å². The van der Waals surface area contributed by atoms with Crippen LogP contribution in [-0.4, -0.2) is 17.4 Å². The molecule has 0 bridgehead atoms. The highest BCUT2D eigenvalue weighted by Crippen LogP contribution is 2.12. The Morgan fingerprint density at radius 3 is 2.50 bits per heavy atom. The van der Waals surface area contributed by atoms with Crippen molar-refractivity contribution >= 4 is 29.3 Å². The van der Waals surface area contributed by atoms with Crippen LogP contribution in [0, 0.1) is 0 Å². The molecule has 0 aliphatic carbocycles. The van der Waals surface area contributed by atoms with Gasteiger partial charge in [-0.15, -0.1) is 12.4 Å². The fourth-order valence-electron chi connectivity index (χ4n) is 0.906. The van der Waals surface area contributed by atoms with Gasteiger partial charge in [0.1, 0.15) is 0 Å². The van der Waals surface area contributed by atoms with Gasteiger partial charge in [0.15, 0.2) is 0 Å². The second-order valence-electron chi connectivity index (χ2n) is 2.64. The summed E-state index contributed by atoms with van der Waals surface area (Å²) in [4.78, 5) is 11.4. The van der Waals surface area contributed by atoms with Crippen molar-refractivity contribution in [2.24, 2.45) is 5.73 Å². The van der Waals surface area contributed by atoms with Crippen molar-refractivity contribution in [1.82, 2.24) is 0 Å². The van der Waals surface area contributed by atoms with Crippen LogP contribution < -0.4 is 5.73 Å². The number of halogens is 1. The molecular weight excluding hydrogens is 218 g/mol. The van der Waals surface area contributed by atoms with Gasteiger partial charge in [0.05, 0.1) is 0 Å². The van der Waals surface area contributed by atoms with Crippen LogP contribution in [0.1, 0.15) is 16.8 Å². The fourth-order valence-corrected chi connectivity index (χ4v) is 1.70. The van der Waals surface area contributed by atoms with Gasteiger partial charge in [-0.25, -0.2) is 0 Å². The summed E-state index contributed by atoms with van der Waals surface area (Å²) in [7, 11) is 0. The predicted molar refractivity (Wildman–Crippen MR) is 64.1 cm³/mol. The molecule has 1 aromatic carbocycles. The van der Waals surface area contributed by atoms with Gasteiger partial charge in [0, 0.05) is 11.3 Å². The Labute approximate surface area is 94.7 Å². The summed E-state index contributed by atoms with van der Waals surface area (Å²) >= 11 is 1.34. The molecule has 2 nitrogen and oxygen atoms in total. The number of thioether (sulfide) groups is 1. The normalized spacial score (nSPS) is 9.21. The number of carbonyl (C=O) groups excluding carboxylic acids is 1. The van der Waals surface area contributed by atoms with Crippen LogP contribution in [0.5, 0.6) is 0 Å². The second-order valence-corrected chi connectivity index (χ2v) is 3.71. The number of nitrogens with two attached hydrogens (primary N) is 1. The molecule has 0 fully saturated rings. The maximum atomic E-state index is 11.4. The van der Waals surface area contributed by atoms with Gasteiger partial charge >= 0.3 is 0 Å². The fraction of sp³-hybridized carbons (Fsp3) is 0.300. The minimum Gasteiger partial charge on any atom is -0.330 e. The van der Waals surface area contributed by atoms with Crippen molar-refractivity contribution in [3.8, 4) is 0 Å². The molecule has 0 heterocycles. The Hall–Kier alpha value is -0.510. The van der Waals surface area contributed by atoms with E-state index in [9.17, 15) is 4.79 Å². The van der Waals surface area contributed by atoms with Gasteiger partial charge in [-0.2, -0.15) is 0 Å². The molecule has 78 valence electrons. The van der Waals surface area contributed by atoms with Gasteiger partial charge in [0.25, 0.3) is 0 Å². The average Bonchev–Trinajstić information content (AvgIpc) is 2.19. The van der Waals surface area contributed by atoms with Crippen LogP contribution in [0.25, 0.3) is 0 Å². The van der Waals surface area contributed by atoms with Gasteiger partial charge in [-0.05, 0) is 13.0 Å². The quantitative estimate of drug-likeness (QED) is 0.809. The lowest BCUT2D eigenvalue weighted by atomic mass is 10.2. The summed E-state index contributed by atoms with van der Waals surface area (Å²) in [6, 6.07) is 9.31. The lowest BCUT2D eigenvalue weighted by Crippen LogP contribution is -2.01. The Kier molecular flexibility index (Phi) is 7.57. The average molecular weight is 232 g/mol. The first-order valence-electron chi connectivity index (χ1n) is 4.27. The Bertz CT molecular complexity index is 266. The van der Waals surface area contributed by atoms with Crippen LogP contribution in [0.4, 0.5) is 0 Å². The molecule has 0 aliphatic heterocycles. The number of rotatable bonds is 4. The molecule has 1 aromatic rings. The monoisotopic (exact) mass is 231 g/mol. The molecule has 2 N–H and O–H groups in total. The van der Waals surface area contributed by atoms with E-state index >= 15 is 0 Å². The van der Waals surface area contributed by atoms with Gasteiger partial charge < -0.3 is 5.73 Å². The van der Waals surface area contributed by atoms with Crippen LogP contribution >= 0.6 is 24.2 Å². The Morgan fingerprint density at radius 2 is 1.93 bits per heavy atom. The van der Waals surface area contributed by atoms with E-state index in [-0.39, 0.29) is 17.5 Å². The zero-order valence-corrected chi connectivity index (χ0v) is 9.44. The van der Waals surface area contributed by atoms with Crippen LogP contribution in [0.2, 0.25) is 0 Å². The van der Waals surface area contributed by atoms with Crippen molar-refractivity contribution in [1.29, 1.82) is 0 Å². The molecule has 0 radical (unpaired) electrons. The van der Waals surface area contributed by atoms with Crippen LogP contribution in [-0.2, 0) is 0 Å². The van der Waals surface area contributed by atoms with E-state index in [4.69, 9.17) is 5.73 Å². The maximum Gasteiger partial charge on any atom is 0.219 e. The minimum absolute atomic E-state index is 0. The number of benzene rings is 1. The van der Waals surface area contributed by atoms with E-state index in [1.165, 1.54) is 11.8 Å². The third kappa shape index (κ3) is 4.65. The summed E-state index contributed by atoms with van der Waals surface area (Å²) in [5.41, 5.74) is 6.10. The van der Waals surface area contributed by atoms with Crippen molar-refractivity contribution in [3.05, 3.63) is 35.9 Å². The van der Waals surface area contributed by atoms with Crippen molar-refractivity contribution in [3.63, 3.8) is 0 Å². The van der Waals surface area contributed by atoms with E-state index in [1.54, 1.807) is 0 Å². The van der Waals surface area contributed by atoms with E-state index in [0.717, 1.165) is 17.7 Å². The van der Waals surface area contributed by atoms with E-state index < -0.39 is 0 Å². The molecule has 0 atom stereocenters. The molecular formula is C10H14ClNOS. The molecule has 0 aromatic heterocycles. The third-order valence-electron chi connectivity index (χ3n) is 1.59. The molecule has 0 aliphatic rings. The Balaban J connectivity index is 0.00000169. The summed E-state index contributed by atoms with van der Waals surface area (Å²) in [6.45, 7) is 0.648. The largest absolute Gasteiger partial charge is 0.330 e.